The highest BCUT2D eigenvalue weighted by Gasteiger charge is 2.28. The molecule has 2 N–H and O–H groups in total. The number of hydrogen-bond donors (Lipinski definition) is 2. The SMILES string of the molecule is CCNc1cc(NC2(C)CCCC2)cc([N+](=O)[O-])c1. The molecule has 0 spiro atoms. The number of benzene rings is 1. The van der Waals surface area contributed by atoms with Crippen LogP contribution >= 0.6 is 0 Å². The average Bonchev–Trinajstić information content (AvgIpc) is 2.75. The summed E-state index contributed by atoms with van der Waals surface area (Å²) in [4.78, 5) is 10.6. The highest BCUT2D eigenvalue weighted by molar-refractivity contribution is 5.64. The summed E-state index contributed by atoms with van der Waals surface area (Å²) in [7, 11) is 0. The van der Waals surface area contributed by atoms with E-state index in [1.807, 2.05) is 13.0 Å². The number of rotatable bonds is 5. The van der Waals surface area contributed by atoms with Gasteiger partial charge in [-0.05, 0) is 32.8 Å². The van der Waals surface area contributed by atoms with Gasteiger partial charge in [-0.15, -0.1) is 0 Å². The largest absolute Gasteiger partial charge is 0.385 e. The van der Waals surface area contributed by atoms with E-state index in [0.29, 0.717) is 0 Å². The van der Waals surface area contributed by atoms with Crippen LogP contribution in [0, 0.1) is 10.1 Å². The molecular formula is C14H21N3O2. The fraction of sp³-hybridized carbons (Fsp3) is 0.571. The van der Waals surface area contributed by atoms with Crippen LogP contribution in [0.2, 0.25) is 0 Å². The third-order valence-corrected chi connectivity index (χ3v) is 3.66. The van der Waals surface area contributed by atoms with Crippen molar-refractivity contribution in [2.24, 2.45) is 0 Å². The number of nitrogens with one attached hydrogen (secondary N) is 2. The molecule has 0 amide bonds. The Hall–Kier alpha value is -1.78. The molecular weight excluding hydrogens is 242 g/mol. The van der Waals surface area contributed by atoms with Crippen LogP contribution in [0.4, 0.5) is 17.1 Å². The Labute approximate surface area is 113 Å². The highest BCUT2D eigenvalue weighted by atomic mass is 16.6. The third kappa shape index (κ3) is 3.36. The molecule has 5 nitrogen and oxygen atoms in total. The molecule has 1 aliphatic rings. The van der Waals surface area contributed by atoms with Crippen LogP contribution in [0.3, 0.4) is 0 Å². The van der Waals surface area contributed by atoms with Gasteiger partial charge in [-0.3, -0.25) is 10.1 Å². The molecule has 0 radical (unpaired) electrons. The summed E-state index contributed by atoms with van der Waals surface area (Å²) in [5.41, 5.74) is 1.82. The van der Waals surface area contributed by atoms with E-state index < -0.39 is 0 Å². The Bertz CT molecular complexity index is 468. The summed E-state index contributed by atoms with van der Waals surface area (Å²) < 4.78 is 0. The van der Waals surface area contributed by atoms with Crippen LogP contribution in [0.15, 0.2) is 18.2 Å². The molecule has 0 unspecified atom stereocenters. The van der Waals surface area contributed by atoms with Crippen LogP contribution in [0.1, 0.15) is 39.5 Å². The van der Waals surface area contributed by atoms with Gasteiger partial charge in [0.25, 0.3) is 5.69 Å². The monoisotopic (exact) mass is 263 g/mol. The predicted molar refractivity (Wildman–Crippen MR) is 77.8 cm³/mol. The van der Waals surface area contributed by atoms with Crippen molar-refractivity contribution in [3.8, 4) is 0 Å². The summed E-state index contributed by atoms with van der Waals surface area (Å²) >= 11 is 0. The molecule has 0 heterocycles. The van der Waals surface area contributed by atoms with E-state index in [2.05, 4.69) is 17.6 Å². The average molecular weight is 263 g/mol. The molecule has 0 aliphatic heterocycles. The predicted octanol–water partition coefficient (Wildman–Crippen LogP) is 3.77. The minimum atomic E-state index is -0.344. The minimum Gasteiger partial charge on any atom is -0.385 e. The summed E-state index contributed by atoms with van der Waals surface area (Å²) in [5.74, 6) is 0. The van der Waals surface area contributed by atoms with Crippen LogP contribution < -0.4 is 10.6 Å². The van der Waals surface area contributed by atoms with Gasteiger partial charge in [0.2, 0.25) is 0 Å². The number of anilines is 2. The second kappa shape index (κ2) is 5.47. The van der Waals surface area contributed by atoms with Gasteiger partial charge in [-0.25, -0.2) is 0 Å². The number of nitrogens with zero attached hydrogens (tertiary/aromatic N) is 1. The maximum Gasteiger partial charge on any atom is 0.273 e. The molecule has 0 bridgehead atoms. The second-order valence-electron chi connectivity index (χ2n) is 5.45. The molecule has 1 aliphatic carbocycles. The third-order valence-electron chi connectivity index (χ3n) is 3.66. The Morgan fingerprint density at radius 2 is 1.89 bits per heavy atom. The van der Waals surface area contributed by atoms with E-state index >= 15 is 0 Å². The minimum absolute atomic E-state index is 0.0682. The highest BCUT2D eigenvalue weighted by Crippen LogP contribution is 2.34. The summed E-state index contributed by atoms with van der Waals surface area (Å²) in [6.07, 6.45) is 4.68. The van der Waals surface area contributed by atoms with Crippen molar-refractivity contribution in [3.05, 3.63) is 28.3 Å². The van der Waals surface area contributed by atoms with Crippen molar-refractivity contribution in [3.63, 3.8) is 0 Å². The summed E-state index contributed by atoms with van der Waals surface area (Å²) in [6, 6.07) is 5.14. The van der Waals surface area contributed by atoms with E-state index in [-0.39, 0.29) is 16.1 Å². The Balaban J connectivity index is 2.25. The summed E-state index contributed by atoms with van der Waals surface area (Å²) in [5, 5.41) is 17.6. The zero-order valence-electron chi connectivity index (χ0n) is 11.5. The molecule has 1 aromatic carbocycles. The molecule has 19 heavy (non-hydrogen) atoms. The smallest absolute Gasteiger partial charge is 0.273 e. The zero-order valence-corrected chi connectivity index (χ0v) is 11.5. The Kier molecular flexibility index (Phi) is 3.93. The van der Waals surface area contributed by atoms with Gasteiger partial charge in [-0.2, -0.15) is 0 Å². The lowest BCUT2D eigenvalue weighted by molar-refractivity contribution is -0.384. The maximum atomic E-state index is 11.0. The van der Waals surface area contributed by atoms with Gasteiger partial charge in [0.1, 0.15) is 0 Å². The molecule has 1 saturated carbocycles. The Morgan fingerprint density at radius 1 is 1.26 bits per heavy atom. The lowest BCUT2D eigenvalue weighted by Gasteiger charge is -2.27. The van der Waals surface area contributed by atoms with E-state index in [0.717, 1.165) is 30.8 Å². The summed E-state index contributed by atoms with van der Waals surface area (Å²) in [6.45, 7) is 4.91. The molecule has 0 aromatic heterocycles. The first kappa shape index (κ1) is 13.6. The first-order chi connectivity index (χ1) is 9.02. The molecule has 0 saturated heterocycles. The van der Waals surface area contributed by atoms with E-state index in [1.165, 1.54) is 12.8 Å². The molecule has 1 aromatic rings. The van der Waals surface area contributed by atoms with Crippen molar-refractivity contribution >= 4 is 17.1 Å². The van der Waals surface area contributed by atoms with Crippen molar-refractivity contribution in [2.45, 2.75) is 45.1 Å². The molecule has 2 rings (SSSR count). The van der Waals surface area contributed by atoms with Crippen LogP contribution in [-0.2, 0) is 0 Å². The number of hydrogen-bond acceptors (Lipinski definition) is 4. The van der Waals surface area contributed by atoms with Crippen LogP contribution in [-0.4, -0.2) is 17.0 Å². The first-order valence-electron chi connectivity index (χ1n) is 6.84. The fourth-order valence-corrected chi connectivity index (χ4v) is 2.72. The normalized spacial score (nSPS) is 17.2. The maximum absolute atomic E-state index is 11.0. The van der Waals surface area contributed by atoms with Gasteiger partial charge in [0.05, 0.1) is 4.92 Å². The van der Waals surface area contributed by atoms with E-state index in [1.54, 1.807) is 12.1 Å². The van der Waals surface area contributed by atoms with Gasteiger partial charge < -0.3 is 10.6 Å². The van der Waals surface area contributed by atoms with Crippen LogP contribution in [0.25, 0.3) is 0 Å². The lowest BCUT2D eigenvalue weighted by Crippen LogP contribution is -2.30. The molecule has 5 heteroatoms. The van der Waals surface area contributed by atoms with Crippen molar-refractivity contribution in [2.75, 3.05) is 17.2 Å². The molecule has 1 fully saturated rings. The van der Waals surface area contributed by atoms with Gasteiger partial charge in [0, 0.05) is 35.6 Å². The fourth-order valence-electron chi connectivity index (χ4n) is 2.72. The first-order valence-corrected chi connectivity index (χ1v) is 6.84. The number of non-ortho nitro benzene ring substituents is 1. The van der Waals surface area contributed by atoms with Crippen molar-refractivity contribution < 1.29 is 4.92 Å². The second-order valence-corrected chi connectivity index (χ2v) is 5.45. The van der Waals surface area contributed by atoms with Crippen molar-refractivity contribution in [1.29, 1.82) is 0 Å². The standard InChI is InChI=1S/C14H21N3O2/c1-3-15-11-8-12(10-13(9-11)17(18)19)16-14(2)6-4-5-7-14/h8-10,15-16H,3-7H2,1-2H3. The van der Waals surface area contributed by atoms with Crippen LogP contribution in [0.5, 0.6) is 0 Å². The lowest BCUT2D eigenvalue weighted by atomic mass is 10.00. The zero-order chi connectivity index (χ0) is 13.9. The topological polar surface area (TPSA) is 67.2 Å². The van der Waals surface area contributed by atoms with E-state index in [9.17, 15) is 10.1 Å². The van der Waals surface area contributed by atoms with Gasteiger partial charge in [-0.1, -0.05) is 12.8 Å². The number of nitro groups is 1. The Morgan fingerprint density at radius 3 is 2.47 bits per heavy atom. The van der Waals surface area contributed by atoms with Crippen molar-refractivity contribution in [1.82, 2.24) is 0 Å². The van der Waals surface area contributed by atoms with E-state index in [4.69, 9.17) is 0 Å². The number of nitro benzene ring substituents is 1. The van der Waals surface area contributed by atoms with Gasteiger partial charge >= 0.3 is 0 Å². The molecule has 104 valence electrons. The molecule has 0 atom stereocenters. The van der Waals surface area contributed by atoms with Gasteiger partial charge in [0.15, 0.2) is 0 Å². The quantitative estimate of drug-likeness (QED) is 0.626.